The van der Waals surface area contributed by atoms with Gasteiger partial charge in [-0.3, -0.25) is 4.72 Å². The number of benzene rings is 1. The minimum Gasteiger partial charge on any atom is -0.446 e. The van der Waals surface area contributed by atoms with Crippen molar-refractivity contribution in [3.63, 3.8) is 0 Å². The van der Waals surface area contributed by atoms with Crippen molar-refractivity contribution in [2.75, 3.05) is 10.5 Å². The molecule has 1 aromatic rings. The van der Waals surface area contributed by atoms with Gasteiger partial charge in [0.05, 0.1) is 17.5 Å². The molecule has 0 saturated carbocycles. The Balaban J connectivity index is 2.80. The highest BCUT2D eigenvalue weighted by Crippen LogP contribution is 2.19. The molecule has 0 aliphatic carbocycles. The Labute approximate surface area is 110 Å². The molecule has 0 aromatic heterocycles. The van der Waals surface area contributed by atoms with Gasteiger partial charge in [-0.2, -0.15) is 8.42 Å². The summed E-state index contributed by atoms with van der Waals surface area (Å²) in [5, 5.41) is 0. The molecule has 0 unspecified atom stereocenters. The van der Waals surface area contributed by atoms with E-state index in [1.54, 1.807) is 18.6 Å². The van der Waals surface area contributed by atoms with Gasteiger partial charge >= 0.3 is 16.3 Å². The number of halogens is 1. The van der Waals surface area contributed by atoms with E-state index in [1.165, 1.54) is 6.07 Å². The number of hydrogen-bond acceptors (Lipinski definition) is 5. The van der Waals surface area contributed by atoms with Crippen LogP contribution in [-0.2, 0) is 14.9 Å². The Morgan fingerprint density at radius 1 is 1.42 bits per heavy atom. The van der Waals surface area contributed by atoms with Crippen LogP contribution in [-0.4, -0.2) is 20.6 Å². The highest BCUT2D eigenvalue weighted by Gasteiger charge is 2.17. The average Bonchev–Trinajstić information content (AvgIpc) is 2.20. The minimum atomic E-state index is -4.24. The Morgan fingerprint density at radius 2 is 2.05 bits per heavy atom. The van der Waals surface area contributed by atoms with Crippen molar-refractivity contribution in [3.8, 4) is 0 Å². The van der Waals surface area contributed by atoms with Gasteiger partial charge in [-0.25, -0.2) is 13.9 Å². The molecule has 0 radical (unpaired) electrons. The number of nitrogens with two attached hydrogens (primary N) is 1. The molecule has 0 spiro atoms. The summed E-state index contributed by atoms with van der Waals surface area (Å²) in [4.78, 5) is 11.2. The van der Waals surface area contributed by atoms with Crippen LogP contribution in [0.3, 0.4) is 0 Å². The van der Waals surface area contributed by atoms with E-state index in [4.69, 9.17) is 5.73 Å². The molecule has 0 heterocycles. The molecule has 7 nitrogen and oxygen atoms in total. The molecule has 0 saturated heterocycles. The second-order valence-corrected chi connectivity index (χ2v) is 5.31. The van der Waals surface area contributed by atoms with Crippen LogP contribution in [0.25, 0.3) is 0 Å². The van der Waals surface area contributed by atoms with E-state index in [-0.39, 0.29) is 11.4 Å². The minimum absolute atomic E-state index is 0.0176. The molecule has 1 rings (SSSR count). The zero-order valence-electron chi connectivity index (χ0n) is 10.3. The Morgan fingerprint density at radius 3 is 2.63 bits per heavy atom. The molecule has 1 aromatic carbocycles. The second kappa shape index (κ2) is 5.74. The van der Waals surface area contributed by atoms with E-state index in [0.717, 1.165) is 12.1 Å². The van der Waals surface area contributed by atoms with Gasteiger partial charge in [0.25, 0.3) is 0 Å². The molecule has 106 valence electrons. The Bertz CT molecular complexity index is 574. The summed E-state index contributed by atoms with van der Waals surface area (Å²) in [6.45, 7) is 3.12. The Hall–Kier alpha value is -2.03. The van der Waals surface area contributed by atoms with Gasteiger partial charge in [-0.05, 0) is 26.0 Å². The number of carbonyl (C=O) groups is 1. The summed E-state index contributed by atoms with van der Waals surface area (Å²) in [6, 6.07) is 3.16. The number of nitrogens with one attached hydrogen (secondary N) is 2. The van der Waals surface area contributed by atoms with Crippen molar-refractivity contribution in [3.05, 3.63) is 24.0 Å². The summed E-state index contributed by atoms with van der Waals surface area (Å²) in [5.41, 5.74) is 5.31. The number of ether oxygens (including phenoxy) is 1. The summed E-state index contributed by atoms with van der Waals surface area (Å²) in [6.07, 6.45) is -1.62. The summed E-state index contributed by atoms with van der Waals surface area (Å²) in [7, 11) is -4.24. The highest BCUT2D eigenvalue weighted by atomic mass is 32.2. The van der Waals surface area contributed by atoms with Crippen LogP contribution >= 0.6 is 0 Å². The second-order valence-electron chi connectivity index (χ2n) is 3.89. The van der Waals surface area contributed by atoms with Gasteiger partial charge in [0.2, 0.25) is 0 Å². The molecule has 0 aliphatic heterocycles. The fourth-order valence-corrected chi connectivity index (χ4v) is 1.92. The van der Waals surface area contributed by atoms with Crippen LogP contribution in [0.1, 0.15) is 13.8 Å². The topological polar surface area (TPSA) is 111 Å². The van der Waals surface area contributed by atoms with Crippen molar-refractivity contribution >= 4 is 27.7 Å². The van der Waals surface area contributed by atoms with Crippen molar-refractivity contribution in [2.24, 2.45) is 0 Å². The lowest BCUT2D eigenvalue weighted by Gasteiger charge is -2.12. The quantitative estimate of drug-likeness (QED) is 0.722. The monoisotopic (exact) mass is 291 g/mol. The first-order valence-corrected chi connectivity index (χ1v) is 6.74. The zero-order chi connectivity index (χ0) is 14.6. The number of anilines is 2. The van der Waals surface area contributed by atoms with Gasteiger partial charge in [-0.15, -0.1) is 0 Å². The predicted molar refractivity (Wildman–Crippen MR) is 68.1 cm³/mol. The molecule has 0 fully saturated rings. The van der Waals surface area contributed by atoms with Crippen LogP contribution < -0.4 is 15.2 Å². The maximum Gasteiger partial charge on any atom is 0.422 e. The molecule has 0 atom stereocenters. The van der Waals surface area contributed by atoms with Crippen LogP contribution in [0.5, 0.6) is 0 Å². The maximum atomic E-state index is 13.0. The molecule has 1 amide bonds. The standard InChI is InChI=1S/C10H14FN3O4S/c1-6(2)18-10(15)14-19(16,17)13-9-5-7(11)3-4-8(9)12/h3-6,13H,12H2,1-2H3,(H,14,15). The van der Waals surface area contributed by atoms with E-state index in [1.807, 2.05) is 4.72 Å². The van der Waals surface area contributed by atoms with Crippen molar-refractivity contribution in [1.29, 1.82) is 0 Å². The van der Waals surface area contributed by atoms with Gasteiger partial charge in [0.15, 0.2) is 0 Å². The third-order valence-electron chi connectivity index (χ3n) is 1.82. The van der Waals surface area contributed by atoms with Crippen molar-refractivity contribution < 1.29 is 22.3 Å². The number of hydrogen-bond donors (Lipinski definition) is 3. The van der Waals surface area contributed by atoms with E-state index < -0.39 is 28.2 Å². The maximum absolute atomic E-state index is 13.0. The first-order chi connectivity index (χ1) is 8.69. The molecule has 9 heteroatoms. The summed E-state index contributed by atoms with van der Waals surface area (Å²) in [5.74, 6) is -0.670. The molecule has 19 heavy (non-hydrogen) atoms. The lowest BCUT2D eigenvalue weighted by molar-refractivity contribution is 0.121. The number of carbonyl (C=O) groups excluding carboxylic acids is 1. The van der Waals surface area contributed by atoms with Gasteiger partial charge in [0.1, 0.15) is 5.82 Å². The van der Waals surface area contributed by atoms with Gasteiger partial charge in [0, 0.05) is 6.07 Å². The van der Waals surface area contributed by atoms with Crippen LogP contribution in [0, 0.1) is 5.82 Å². The fraction of sp³-hybridized carbons (Fsp3) is 0.300. The van der Waals surface area contributed by atoms with Gasteiger partial charge in [-0.1, -0.05) is 0 Å². The predicted octanol–water partition coefficient (Wildman–Crippen LogP) is 1.20. The molecular formula is C10H14FN3O4S. The van der Waals surface area contributed by atoms with Crippen molar-refractivity contribution in [1.82, 2.24) is 4.72 Å². The average molecular weight is 291 g/mol. The zero-order valence-corrected chi connectivity index (χ0v) is 11.1. The van der Waals surface area contributed by atoms with E-state index in [9.17, 15) is 17.6 Å². The van der Waals surface area contributed by atoms with Crippen LogP contribution in [0.2, 0.25) is 0 Å². The smallest absolute Gasteiger partial charge is 0.422 e. The number of nitrogen functional groups attached to an aromatic ring is 1. The van der Waals surface area contributed by atoms with E-state index in [0.29, 0.717) is 0 Å². The number of rotatable bonds is 4. The van der Waals surface area contributed by atoms with Crippen LogP contribution in [0.4, 0.5) is 20.6 Å². The first kappa shape index (κ1) is 15.0. The third-order valence-corrected chi connectivity index (χ3v) is 2.74. The lowest BCUT2D eigenvalue weighted by Crippen LogP contribution is -2.37. The fourth-order valence-electron chi connectivity index (χ4n) is 1.14. The molecular weight excluding hydrogens is 277 g/mol. The van der Waals surface area contributed by atoms with Gasteiger partial charge < -0.3 is 10.5 Å². The molecule has 4 N–H and O–H groups in total. The van der Waals surface area contributed by atoms with E-state index in [2.05, 4.69) is 4.74 Å². The highest BCUT2D eigenvalue weighted by molar-refractivity contribution is 7.91. The Kier molecular flexibility index (Phi) is 4.54. The SMILES string of the molecule is CC(C)OC(=O)NS(=O)(=O)Nc1cc(F)ccc1N. The molecule has 0 aliphatic rings. The summed E-state index contributed by atoms with van der Waals surface area (Å²) >= 11 is 0. The van der Waals surface area contributed by atoms with Crippen molar-refractivity contribution in [2.45, 2.75) is 20.0 Å². The third kappa shape index (κ3) is 5.00. The lowest BCUT2D eigenvalue weighted by atomic mass is 10.3. The van der Waals surface area contributed by atoms with Crippen LogP contribution in [0.15, 0.2) is 18.2 Å². The molecule has 0 bridgehead atoms. The van der Waals surface area contributed by atoms with E-state index >= 15 is 0 Å². The first-order valence-electron chi connectivity index (χ1n) is 5.26. The number of amides is 1. The summed E-state index contributed by atoms with van der Waals surface area (Å²) < 4.78 is 44.2. The normalized spacial score (nSPS) is 11.2. The largest absolute Gasteiger partial charge is 0.446 e.